The summed E-state index contributed by atoms with van der Waals surface area (Å²) in [6.45, 7) is 4.32. The van der Waals surface area contributed by atoms with Crippen molar-refractivity contribution in [2.24, 2.45) is 0 Å². The van der Waals surface area contributed by atoms with Gasteiger partial charge in [0.15, 0.2) is 12.2 Å². The van der Waals surface area contributed by atoms with Crippen LogP contribution in [0.25, 0.3) is 0 Å². The molecule has 0 heterocycles. The minimum absolute atomic E-state index is 0.0574. The van der Waals surface area contributed by atoms with Crippen LogP contribution in [0, 0.1) is 0 Å². The van der Waals surface area contributed by atoms with E-state index in [0.29, 0.717) is 32.1 Å². The number of phosphoric acid groups is 2. The summed E-state index contributed by atoms with van der Waals surface area (Å²) in [5.74, 6) is -2.43. The Balaban J connectivity index is 5.50. The molecule has 17 nitrogen and oxygen atoms in total. The minimum atomic E-state index is -5.02. The van der Waals surface area contributed by atoms with E-state index in [2.05, 4.69) is 161 Å². The van der Waals surface area contributed by atoms with E-state index >= 15 is 0 Å². The number of esters is 4. The number of allylic oxidation sites excluding steroid dienone is 27. The number of carbonyl (C=O) groups is 4. The smallest absolute Gasteiger partial charge is 0.462 e. The Morgan fingerprint density at radius 2 is 0.548 bits per heavy atom. The third-order valence-electron chi connectivity index (χ3n) is 15.7. The van der Waals surface area contributed by atoms with E-state index in [1.807, 2.05) is 24.3 Å². The topological polar surface area (TPSA) is 237 Å². The fraction of sp³-hybridized carbons (Fsp3) is 0.624. The van der Waals surface area contributed by atoms with Crippen LogP contribution in [0.1, 0.15) is 285 Å². The molecule has 5 atom stereocenters. The Morgan fingerprint density at radius 3 is 0.894 bits per heavy atom. The summed E-state index contributed by atoms with van der Waals surface area (Å²) in [7, 11) is -10.0. The van der Waals surface area contributed by atoms with E-state index in [0.717, 1.165) is 135 Å². The number of phosphoric ester groups is 2. The molecule has 0 aromatic rings. The van der Waals surface area contributed by atoms with Crippen LogP contribution in [0.3, 0.4) is 0 Å². The third kappa shape index (κ3) is 74.7. The largest absolute Gasteiger partial charge is 0.472 e. The van der Waals surface area contributed by atoms with Crippen molar-refractivity contribution in [1.29, 1.82) is 0 Å². The molecule has 0 amide bonds. The van der Waals surface area contributed by atoms with E-state index < -0.39 is 97.5 Å². The molecule has 0 aliphatic carbocycles. The number of aliphatic hydroxyl groups excluding tert-OH is 1. The van der Waals surface area contributed by atoms with Crippen LogP contribution < -0.4 is 0 Å². The van der Waals surface area contributed by atoms with Crippen molar-refractivity contribution in [2.75, 3.05) is 39.6 Å². The summed E-state index contributed by atoms with van der Waals surface area (Å²) in [6.07, 6.45) is 89.5. The summed E-state index contributed by atoms with van der Waals surface area (Å²) in [5.41, 5.74) is 0. The van der Waals surface area contributed by atoms with Gasteiger partial charge in [0.25, 0.3) is 0 Å². The van der Waals surface area contributed by atoms with Gasteiger partial charge in [-0.25, -0.2) is 9.13 Å². The van der Waals surface area contributed by atoms with Crippen molar-refractivity contribution < 1.29 is 80.2 Å². The number of rotatable bonds is 72. The number of hydrogen-bond donors (Lipinski definition) is 3. The molecule has 104 heavy (non-hydrogen) atoms. The number of aliphatic hydroxyl groups is 1. The first-order valence-corrected chi connectivity index (χ1v) is 42.4. The van der Waals surface area contributed by atoms with Crippen molar-refractivity contribution in [2.45, 2.75) is 303 Å². The van der Waals surface area contributed by atoms with E-state index in [9.17, 15) is 43.2 Å². The number of carbonyl (C=O) groups excluding carboxylic acids is 4. The summed E-state index contributed by atoms with van der Waals surface area (Å²) < 4.78 is 68.4. The SMILES string of the molecule is CC/C=C\C/C=C\C/C=C\C/C=C\C/C=C\CCCC(=O)OCC(COP(=O)(O)OCC(O)COP(=O)(O)OCC(COC(=O)CCCCCC/C=C\C/C=C\C/C=C\C/C=C\CC)OC(=O)CCCCCCCCCCCCCCCCC)OC(=O)C/C=C\C/C=C\C/C=C\C/C=C\C/C=C\CC. The molecule has 3 N–H and O–H groups in total. The van der Waals surface area contributed by atoms with Crippen LogP contribution in [0.4, 0.5) is 0 Å². The molecule has 0 rings (SSSR count). The van der Waals surface area contributed by atoms with Crippen LogP contribution in [0.2, 0.25) is 0 Å². The first-order valence-electron chi connectivity index (χ1n) is 39.4. The monoisotopic (exact) mass is 1490 g/mol. The first kappa shape index (κ1) is 98.4. The van der Waals surface area contributed by atoms with Crippen molar-refractivity contribution in [3.05, 3.63) is 170 Å². The average molecular weight is 1490 g/mol. The zero-order valence-corrected chi connectivity index (χ0v) is 66.2. The minimum Gasteiger partial charge on any atom is -0.462 e. The fourth-order valence-corrected chi connectivity index (χ4v) is 11.4. The second kappa shape index (κ2) is 75.6. The predicted molar refractivity (Wildman–Crippen MR) is 426 cm³/mol. The average Bonchev–Trinajstić information content (AvgIpc) is 0.937. The van der Waals surface area contributed by atoms with Crippen molar-refractivity contribution in [3.63, 3.8) is 0 Å². The normalized spacial score (nSPS) is 14.8. The lowest BCUT2D eigenvalue weighted by Crippen LogP contribution is -2.30. The van der Waals surface area contributed by atoms with Gasteiger partial charge >= 0.3 is 39.5 Å². The lowest BCUT2D eigenvalue weighted by atomic mass is 10.0. The Hall–Kier alpha value is -5.58. The molecule has 0 saturated heterocycles. The Labute approximate surface area is 629 Å². The molecule has 0 aliphatic heterocycles. The highest BCUT2D eigenvalue weighted by molar-refractivity contribution is 7.47. The maximum atomic E-state index is 13.1. The van der Waals surface area contributed by atoms with E-state index in [1.165, 1.54) is 64.2 Å². The lowest BCUT2D eigenvalue weighted by molar-refractivity contribution is -0.161. The van der Waals surface area contributed by atoms with E-state index in [-0.39, 0.29) is 25.7 Å². The molecular formula is C85H138O17P2. The standard InChI is InChI=1S/C85H138O17P2/c1-5-9-13-17-21-25-29-33-37-39-43-45-49-53-57-61-65-69-82(87)95-75-80(101-84(89)71-67-63-59-55-51-47-41-35-31-27-23-19-15-11-7-3)77-99-103(91,92)97-73-79(86)74-98-104(93,94)100-78-81(102-85(90)72-68-64-60-56-52-48-42-36-32-28-24-20-16-12-8-4)76-96-83(88)70-66-62-58-54-50-46-44-40-38-34-30-26-22-18-14-10-6-2/h9-11,13-15,21-23,25-27,33-35,37-38,41,43-46,51,53,55,57,63,67,79-81,86H,5-8,12,16-20,24,28-32,36,39-40,42,47-50,52,54,56,58-62,64-66,68-78H2,1-4H3,(H,91,92)(H,93,94)/b13-9-,14-10-,15-11-,25-21-,26-22-,27-23-,37-33-,38-34-,41-35-,45-43-,46-44-,55-51-,57-53-,67-63-. The molecule has 0 aliphatic rings. The van der Waals surface area contributed by atoms with Gasteiger partial charge in [-0.05, 0) is 128 Å². The molecule has 0 bridgehead atoms. The highest BCUT2D eigenvalue weighted by atomic mass is 31.2. The Kier molecular flexibility index (Phi) is 71.6. The second-order valence-corrected chi connectivity index (χ2v) is 28.4. The zero-order chi connectivity index (χ0) is 76.0. The van der Waals surface area contributed by atoms with Gasteiger partial charge in [0.2, 0.25) is 0 Å². The highest BCUT2D eigenvalue weighted by Gasteiger charge is 2.30. The molecule has 19 heteroatoms. The van der Waals surface area contributed by atoms with Gasteiger partial charge < -0.3 is 33.8 Å². The van der Waals surface area contributed by atoms with Gasteiger partial charge in [-0.3, -0.25) is 37.3 Å². The number of hydrogen-bond acceptors (Lipinski definition) is 15. The Bertz CT molecular complexity index is 2640. The summed E-state index contributed by atoms with van der Waals surface area (Å²) >= 11 is 0. The molecule has 0 saturated carbocycles. The van der Waals surface area contributed by atoms with Crippen molar-refractivity contribution in [1.82, 2.24) is 0 Å². The molecule has 0 aromatic heterocycles. The van der Waals surface area contributed by atoms with E-state index in [4.69, 9.17) is 37.0 Å². The molecule has 0 spiro atoms. The maximum Gasteiger partial charge on any atom is 0.472 e. The van der Waals surface area contributed by atoms with Gasteiger partial charge in [0.1, 0.15) is 19.3 Å². The second-order valence-electron chi connectivity index (χ2n) is 25.5. The van der Waals surface area contributed by atoms with Crippen LogP contribution >= 0.6 is 15.6 Å². The summed E-state index contributed by atoms with van der Waals surface area (Å²) in [5, 5.41) is 10.6. The molecule has 0 fully saturated rings. The van der Waals surface area contributed by atoms with Crippen LogP contribution in [0.15, 0.2) is 170 Å². The van der Waals surface area contributed by atoms with Crippen molar-refractivity contribution in [3.8, 4) is 0 Å². The maximum absolute atomic E-state index is 13.1. The van der Waals surface area contributed by atoms with Crippen LogP contribution in [-0.4, -0.2) is 96.7 Å². The van der Waals surface area contributed by atoms with Crippen LogP contribution in [0.5, 0.6) is 0 Å². The number of ether oxygens (including phenoxy) is 4. The number of unbranched alkanes of at least 4 members (excludes halogenated alkanes) is 19. The molecule has 590 valence electrons. The quantitative estimate of drug-likeness (QED) is 0.0169. The first-order chi connectivity index (χ1) is 50.7. The molecule has 0 aromatic carbocycles. The van der Waals surface area contributed by atoms with Crippen molar-refractivity contribution >= 4 is 39.5 Å². The lowest BCUT2D eigenvalue weighted by Gasteiger charge is -2.21. The van der Waals surface area contributed by atoms with Gasteiger partial charge in [-0.15, -0.1) is 0 Å². The molecular weight excluding hydrogens is 1350 g/mol. The fourth-order valence-electron chi connectivity index (χ4n) is 9.85. The van der Waals surface area contributed by atoms with Gasteiger partial charge in [-0.2, -0.15) is 0 Å². The van der Waals surface area contributed by atoms with Gasteiger partial charge in [0.05, 0.1) is 32.8 Å². The van der Waals surface area contributed by atoms with Gasteiger partial charge in [-0.1, -0.05) is 301 Å². The summed E-state index contributed by atoms with van der Waals surface area (Å²) in [6, 6.07) is 0. The molecule has 0 radical (unpaired) electrons. The third-order valence-corrected chi connectivity index (χ3v) is 17.6. The highest BCUT2D eigenvalue weighted by Crippen LogP contribution is 2.45. The van der Waals surface area contributed by atoms with E-state index in [1.54, 1.807) is 12.2 Å². The van der Waals surface area contributed by atoms with Gasteiger partial charge in [0, 0.05) is 19.3 Å². The predicted octanol–water partition coefficient (Wildman–Crippen LogP) is 23.0. The summed E-state index contributed by atoms with van der Waals surface area (Å²) in [4.78, 5) is 72.9. The zero-order valence-electron chi connectivity index (χ0n) is 64.4. The van der Waals surface area contributed by atoms with Crippen LogP contribution in [-0.2, 0) is 65.4 Å². The Morgan fingerprint density at radius 1 is 0.288 bits per heavy atom. The molecule has 5 unspecified atom stereocenters.